The Hall–Kier alpha value is -3.01. The number of rotatable bonds is 6. The van der Waals surface area contributed by atoms with Crippen LogP contribution in [0.5, 0.6) is 0 Å². The van der Waals surface area contributed by atoms with Gasteiger partial charge in [-0.05, 0) is 55.9 Å². The zero-order valence-corrected chi connectivity index (χ0v) is 20.9. The lowest BCUT2D eigenvalue weighted by molar-refractivity contribution is 0.0484. The van der Waals surface area contributed by atoms with Crippen LogP contribution >= 0.6 is 0 Å². The third-order valence-electron chi connectivity index (χ3n) is 7.22. The molecule has 1 saturated heterocycles. The monoisotopic (exact) mass is 497 g/mol. The van der Waals surface area contributed by atoms with Crippen LogP contribution in [-0.2, 0) is 4.74 Å². The van der Waals surface area contributed by atoms with Crippen LogP contribution in [0.2, 0.25) is 0 Å². The summed E-state index contributed by atoms with van der Waals surface area (Å²) in [6, 6.07) is 7.14. The molecule has 4 heterocycles. The highest BCUT2D eigenvalue weighted by Crippen LogP contribution is 2.35. The molecule has 4 atom stereocenters. The Labute approximate surface area is 210 Å². The summed E-state index contributed by atoms with van der Waals surface area (Å²) in [6.07, 6.45) is 6.11. The molecule has 3 aliphatic rings. The Kier molecular flexibility index (Phi) is 6.96. The third kappa shape index (κ3) is 4.83. The largest absolute Gasteiger partial charge is 0.378 e. The van der Waals surface area contributed by atoms with E-state index in [1.165, 1.54) is 17.8 Å². The van der Waals surface area contributed by atoms with E-state index in [4.69, 9.17) is 4.74 Å². The van der Waals surface area contributed by atoms with Crippen LogP contribution in [0.15, 0.2) is 59.3 Å². The van der Waals surface area contributed by atoms with Crippen LogP contribution in [0.3, 0.4) is 0 Å². The SMILES string of the molecule is C[C@@H]1NC2NC=C(c3ccn(C(CN(C)C)c4ccc(F)c(F)c4)c(=O)c3)[C@H]2C=C1N1CCOCC1. The van der Waals surface area contributed by atoms with Crippen LogP contribution in [0.25, 0.3) is 5.57 Å². The third-order valence-corrected chi connectivity index (χ3v) is 7.22. The number of likely N-dealkylation sites (N-methyl/N-ethyl adjacent to an activating group) is 1. The molecule has 0 aliphatic carbocycles. The van der Waals surface area contributed by atoms with Gasteiger partial charge in [-0.2, -0.15) is 0 Å². The zero-order valence-electron chi connectivity index (χ0n) is 20.9. The number of ether oxygens (including phenoxy) is 1. The molecule has 192 valence electrons. The molecule has 2 aromatic rings. The summed E-state index contributed by atoms with van der Waals surface area (Å²) in [7, 11) is 3.77. The second-order valence-corrected chi connectivity index (χ2v) is 9.96. The second-order valence-electron chi connectivity index (χ2n) is 9.96. The fraction of sp³-hybridized carbons (Fsp3) is 0.444. The van der Waals surface area contributed by atoms with Crippen molar-refractivity contribution in [3.05, 3.63) is 87.6 Å². The molecule has 3 aliphatic heterocycles. The first-order valence-electron chi connectivity index (χ1n) is 12.4. The molecule has 0 bridgehead atoms. The molecular weight excluding hydrogens is 464 g/mol. The van der Waals surface area contributed by atoms with Gasteiger partial charge in [0.2, 0.25) is 0 Å². The minimum absolute atomic E-state index is 0.0610. The molecule has 2 unspecified atom stereocenters. The van der Waals surface area contributed by atoms with Gasteiger partial charge < -0.3 is 24.4 Å². The Morgan fingerprint density at radius 3 is 2.61 bits per heavy atom. The van der Waals surface area contributed by atoms with E-state index in [1.807, 2.05) is 31.3 Å². The molecule has 1 aromatic carbocycles. The van der Waals surface area contributed by atoms with Crippen molar-refractivity contribution in [2.45, 2.75) is 25.2 Å². The number of nitrogens with zero attached hydrogens (tertiary/aromatic N) is 3. The van der Waals surface area contributed by atoms with E-state index < -0.39 is 17.7 Å². The highest BCUT2D eigenvalue weighted by molar-refractivity contribution is 5.71. The molecular formula is C27H33F2N5O2. The Bertz CT molecular complexity index is 1230. The highest BCUT2D eigenvalue weighted by Gasteiger charge is 2.36. The molecule has 36 heavy (non-hydrogen) atoms. The van der Waals surface area contributed by atoms with Gasteiger partial charge in [0, 0.05) is 55.8 Å². The van der Waals surface area contributed by atoms with Gasteiger partial charge in [0.1, 0.15) is 0 Å². The summed E-state index contributed by atoms with van der Waals surface area (Å²) in [5, 5.41) is 7.08. The first-order valence-corrected chi connectivity index (χ1v) is 12.4. The molecule has 9 heteroatoms. The van der Waals surface area contributed by atoms with Gasteiger partial charge in [-0.3, -0.25) is 10.1 Å². The van der Waals surface area contributed by atoms with Crippen LogP contribution in [0, 0.1) is 17.6 Å². The predicted molar refractivity (Wildman–Crippen MR) is 135 cm³/mol. The number of hydrogen-bond donors (Lipinski definition) is 2. The minimum atomic E-state index is -0.920. The van der Waals surface area contributed by atoms with E-state index in [2.05, 4.69) is 28.5 Å². The summed E-state index contributed by atoms with van der Waals surface area (Å²) in [4.78, 5) is 17.6. The predicted octanol–water partition coefficient (Wildman–Crippen LogP) is 2.37. The molecule has 0 saturated carbocycles. The normalized spacial score (nSPS) is 24.7. The van der Waals surface area contributed by atoms with Gasteiger partial charge in [-0.1, -0.05) is 12.1 Å². The van der Waals surface area contributed by atoms with E-state index in [0.29, 0.717) is 12.1 Å². The summed E-state index contributed by atoms with van der Waals surface area (Å²) in [5.74, 6) is -1.74. The summed E-state index contributed by atoms with van der Waals surface area (Å²) in [5.41, 5.74) is 3.50. The molecule has 1 fully saturated rings. The van der Waals surface area contributed by atoms with Crippen LogP contribution in [0.4, 0.5) is 8.78 Å². The molecule has 7 nitrogen and oxygen atoms in total. The first kappa shape index (κ1) is 24.7. The maximum Gasteiger partial charge on any atom is 0.251 e. The first-order chi connectivity index (χ1) is 17.3. The molecule has 1 aromatic heterocycles. The number of halogens is 2. The molecule has 0 radical (unpaired) electrons. The minimum Gasteiger partial charge on any atom is -0.378 e. The number of benzene rings is 1. The van der Waals surface area contributed by atoms with Crippen molar-refractivity contribution in [3.8, 4) is 0 Å². The van der Waals surface area contributed by atoms with Crippen LogP contribution in [-0.4, -0.2) is 73.5 Å². The van der Waals surface area contributed by atoms with E-state index >= 15 is 0 Å². The maximum absolute atomic E-state index is 14.0. The lowest BCUT2D eigenvalue weighted by Gasteiger charge is -2.40. The summed E-state index contributed by atoms with van der Waals surface area (Å²) >= 11 is 0. The Balaban J connectivity index is 1.45. The van der Waals surface area contributed by atoms with Gasteiger partial charge in [0.05, 0.1) is 25.4 Å². The molecule has 2 N–H and O–H groups in total. The van der Waals surface area contributed by atoms with Crippen molar-refractivity contribution >= 4 is 5.57 Å². The van der Waals surface area contributed by atoms with Crippen molar-refractivity contribution in [3.63, 3.8) is 0 Å². The Morgan fingerprint density at radius 2 is 1.92 bits per heavy atom. The Morgan fingerprint density at radius 1 is 1.14 bits per heavy atom. The lowest BCUT2D eigenvalue weighted by atomic mass is 9.88. The average Bonchev–Trinajstić information content (AvgIpc) is 3.27. The zero-order chi connectivity index (χ0) is 25.4. The number of fused-ring (bicyclic) bond motifs is 1. The van der Waals surface area contributed by atoms with Crippen LogP contribution < -0.4 is 16.2 Å². The number of nitrogens with one attached hydrogen (secondary N) is 2. The van der Waals surface area contributed by atoms with E-state index in [0.717, 1.165) is 43.5 Å². The second kappa shape index (κ2) is 10.2. The van der Waals surface area contributed by atoms with E-state index in [-0.39, 0.29) is 23.7 Å². The standard InChI is InChI=1S/C27H33F2N5O2/c1-17-24(33-8-10-36-11-9-33)14-20-21(15-30-27(20)31-17)18-6-7-34(26(35)13-18)25(16-32(2)3)19-4-5-22(28)23(29)12-19/h4-7,12-15,17,20,25,27,30-31H,8-11,16H2,1-3H3/t17-,20+,25?,27?/m0/s1. The number of aromatic nitrogens is 1. The smallest absolute Gasteiger partial charge is 0.251 e. The van der Waals surface area contributed by atoms with Gasteiger partial charge in [0.25, 0.3) is 5.56 Å². The van der Waals surface area contributed by atoms with Crippen molar-refractivity contribution < 1.29 is 13.5 Å². The number of morpholine rings is 1. The van der Waals surface area contributed by atoms with E-state index in [1.54, 1.807) is 16.8 Å². The fourth-order valence-electron chi connectivity index (χ4n) is 5.40. The molecule has 5 rings (SSSR count). The maximum atomic E-state index is 14.0. The average molecular weight is 498 g/mol. The van der Waals surface area contributed by atoms with Crippen molar-refractivity contribution in [2.24, 2.45) is 5.92 Å². The van der Waals surface area contributed by atoms with Gasteiger partial charge in [-0.25, -0.2) is 8.78 Å². The number of pyridine rings is 1. The molecule has 0 amide bonds. The lowest BCUT2D eigenvalue weighted by Crippen LogP contribution is -2.53. The van der Waals surface area contributed by atoms with Gasteiger partial charge >= 0.3 is 0 Å². The fourth-order valence-corrected chi connectivity index (χ4v) is 5.40. The van der Waals surface area contributed by atoms with Crippen molar-refractivity contribution in [1.82, 2.24) is 25.0 Å². The number of hydrogen-bond acceptors (Lipinski definition) is 6. The molecule has 0 spiro atoms. The van der Waals surface area contributed by atoms with Crippen LogP contribution in [0.1, 0.15) is 24.1 Å². The van der Waals surface area contributed by atoms with Gasteiger partial charge in [0.15, 0.2) is 11.6 Å². The van der Waals surface area contributed by atoms with Gasteiger partial charge in [-0.15, -0.1) is 0 Å². The van der Waals surface area contributed by atoms with Crippen molar-refractivity contribution in [2.75, 3.05) is 46.9 Å². The van der Waals surface area contributed by atoms with Crippen molar-refractivity contribution in [1.29, 1.82) is 0 Å². The summed E-state index contributed by atoms with van der Waals surface area (Å²) in [6.45, 7) is 5.82. The summed E-state index contributed by atoms with van der Waals surface area (Å²) < 4.78 is 34.7. The van der Waals surface area contributed by atoms with E-state index in [9.17, 15) is 13.6 Å². The topological polar surface area (TPSA) is 61.8 Å². The highest BCUT2D eigenvalue weighted by atomic mass is 19.2. The quantitative estimate of drug-likeness (QED) is 0.639.